The number of fused-ring (bicyclic) bond motifs is 1. The SMILES string of the molecule is CC(=NNC(=O)c1cc(-c2ccc(C)cc2)nc2ccccc12)c1cc(O)ccc1O. The van der Waals surface area contributed by atoms with Gasteiger partial charge < -0.3 is 10.2 Å². The molecule has 3 aromatic carbocycles. The molecule has 0 bridgehead atoms. The maximum Gasteiger partial charge on any atom is 0.272 e. The van der Waals surface area contributed by atoms with Gasteiger partial charge in [-0.25, -0.2) is 10.4 Å². The smallest absolute Gasteiger partial charge is 0.272 e. The van der Waals surface area contributed by atoms with E-state index in [1.807, 2.05) is 55.5 Å². The zero-order chi connectivity index (χ0) is 22.0. The Balaban J connectivity index is 1.71. The van der Waals surface area contributed by atoms with Crippen molar-refractivity contribution >= 4 is 22.5 Å². The number of benzene rings is 3. The second-order valence-electron chi connectivity index (χ2n) is 7.28. The minimum Gasteiger partial charge on any atom is -0.508 e. The molecule has 0 aliphatic rings. The number of hydrogen-bond acceptors (Lipinski definition) is 5. The van der Waals surface area contributed by atoms with Crippen LogP contribution in [0.5, 0.6) is 11.5 Å². The molecule has 154 valence electrons. The van der Waals surface area contributed by atoms with Crippen LogP contribution in [0.2, 0.25) is 0 Å². The molecular formula is C25H21N3O3. The van der Waals surface area contributed by atoms with Crippen molar-refractivity contribution in [1.82, 2.24) is 10.4 Å². The first-order valence-corrected chi connectivity index (χ1v) is 9.76. The highest BCUT2D eigenvalue weighted by Gasteiger charge is 2.14. The van der Waals surface area contributed by atoms with Crippen LogP contribution >= 0.6 is 0 Å². The van der Waals surface area contributed by atoms with Gasteiger partial charge in [0.15, 0.2) is 0 Å². The Hall–Kier alpha value is -4.19. The molecule has 3 N–H and O–H groups in total. The van der Waals surface area contributed by atoms with Gasteiger partial charge in [0.2, 0.25) is 0 Å². The molecule has 4 aromatic rings. The first-order valence-electron chi connectivity index (χ1n) is 9.76. The molecule has 6 heteroatoms. The number of aryl methyl sites for hydroxylation is 1. The molecule has 0 unspecified atom stereocenters. The molecule has 0 saturated carbocycles. The average molecular weight is 411 g/mol. The maximum atomic E-state index is 13.0. The molecule has 1 heterocycles. The highest BCUT2D eigenvalue weighted by molar-refractivity contribution is 6.08. The standard InChI is InChI=1S/C25H21N3O3/c1-15-7-9-17(10-8-15)23-14-21(19-5-3-4-6-22(19)26-23)25(31)28-27-16(2)20-13-18(29)11-12-24(20)30/h3-14,29-30H,1-2H3,(H,28,31). The zero-order valence-electron chi connectivity index (χ0n) is 17.1. The largest absolute Gasteiger partial charge is 0.508 e. The minimum absolute atomic E-state index is 0.00320. The van der Waals surface area contributed by atoms with E-state index in [-0.39, 0.29) is 11.5 Å². The van der Waals surface area contributed by atoms with E-state index in [0.29, 0.717) is 33.4 Å². The van der Waals surface area contributed by atoms with Crippen molar-refractivity contribution in [3.8, 4) is 22.8 Å². The third-order valence-electron chi connectivity index (χ3n) is 5.00. The number of aromatic hydroxyl groups is 2. The summed E-state index contributed by atoms with van der Waals surface area (Å²) in [6.45, 7) is 3.65. The Morgan fingerprint density at radius 3 is 2.45 bits per heavy atom. The van der Waals surface area contributed by atoms with Gasteiger partial charge >= 0.3 is 0 Å². The number of hydrazone groups is 1. The van der Waals surface area contributed by atoms with Gasteiger partial charge in [0.05, 0.1) is 22.5 Å². The molecule has 1 aromatic heterocycles. The van der Waals surface area contributed by atoms with Crippen LogP contribution in [-0.4, -0.2) is 26.8 Å². The van der Waals surface area contributed by atoms with E-state index < -0.39 is 5.91 Å². The molecule has 0 saturated heterocycles. The van der Waals surface area contributed by atoms with Crippen molar-refractivity contribution in [3.63, 3.8) is 0 Å². The highest BCUT2D eigenvalue weighted by Crippen LogP contribution is 2.26. The maximum absolute atomic E-state index is 13.0. The number of nitrogens with one attached hydrogen (secondary N) is 1. The van der Waals surface area contributed by atoms with E-state index >= 15 is 0 Å². The summed E-state index contributed by atoms with van der Waals surface area (Å²) < 4.78 is 0. The van der Waals surface area contributed by atoms with Crippen molar-refractivity contribution in [1.29, 1.82) is 0 Å². The minimum atomic E-state index is -0.397. The molecular weight excluding hydrogens is 390 g/mol. The number of amides is 1. The van der Waals surface area contributed by atoms with Crippen LogP contribution in [0.25, 0.3) is 22.2 Å². The number of aromatic nitrogens is 1. The Morgan fingerprint density at radius 2 is 1.68 bits per heavy atom. The number of pyridine rings is 1. The van der Waals surface area contributed by atoms with E-state index in [4.69, 9.17) is 4.98 Å². The van der Waals surface area contributed by atoms with Gasteiger partial charge in [0.1, 0.15) is 11.5 Å². The summed E-state index contributed by atoms with van der Waals surface area (Å²) in [6.07, 6.45) is 0. The first-order chi connectivity index (χ1) is 14.9. The van der Waals surface area contributed by atoms with Gasteiger partial charge in [-0.05, 0) is 44.2 Å². The third kappa shape index (κ3) is 4.23. The summed E-state index contributed by atoms with van der Waals surface area (Å²) >= 11 is 0. The summed E-state index contributed by atoms with van der Waals surface area (Å²) in [7, 11) is 0. The summed E-state index contributed by atoms with van der Waals surface area (Å²) in [5, 5.41) is 24.5. The molecule has 4 rings (SSSR count). The van der Waals surface area contributed by atoms with E-state index in [1.54, 1.807) is 13.0 Å². The van der Waals surface area contributed by atoms with E-state index in [2.05, 4.69) is 10.5 Å². The van der Waals surface area contributed by atoms with Crippen molar-refractivity contribution in [2.45, 2.75) is 13.8 Å². The molecule has 0 aliphatic carbocycles. The topological polar surface area (TPSA) is 94.8 Å². The summed E-state index contributed by atoms with van der Waals surface area (Å²) in [5.41, 5.74) is 7.14. The van der Waals surface area contributed by atoms with E-state index in [0.717, 1.165) is 11.1 Å². The molecule has 6 nitrogen and oxygen atoms in total. The molecule has 0 fully saturated rings. The molecule has 0 spiro atoms. The Labute approximate surface area is 179 Å². The van der Waals surface area contributed by atoms with E-state index in [9.17, 15) is 15.0 Å². The summed E-state index contributed by atoms with van der Waals surface area (Å²) in [4.78, 5) is 17.7. The number of nitrogens with zero attached hydrogens (tertiary/aromatic N) is 2. The fourth-order valence-electron chi connectivity index (χ4n) is 3.30. The first kappa shape index (κ1) is 20.1. The normalized spacial score (nSPS) is 11.5. The highest BCUT2D eigenvalue weighted by atomic mass is 16.3. The van der Waals surface area contributed by atoms with Crippen molar-refractivity contribution in [2.75, 3.05) is 0 Å². The molecule has 31 heavy (non-hydrogen) atoms. The number of para-hydroxylation sites is 1. The van der Waals surface area contributed by atoms with Crippen molar-refractivity contribution in [2.24, 2.45) is 5.10 Å². The van der Waals surface area contributed by atoms with Crippen LogP contribution < -0.4 is 5.43 Å². The predicted octanol–water partition coefficient (Wildman–Crippen LogP) is 4.78. The molecule has 0 atom stereocenters. The Bertz CT molecular complexity index is 1310. The van der Waals surface area contributed by atoms with Gasteiger partial charge in [0.25, 0.3) is 5.91 Å². The third-order valence-corrected chi connectivity index (χ3v) is 5.00. The van der Waals surface area contributed by atoms with Gasteiger partial charge in [-0.2, -0.15) is 5.10 Å². The van der Waals surface area contributed by atoms with Crippen LogP contribution in [0, 0.1) is 6.92 Å². The monoisotopic (exact) mass is 411 g/mol. The van der Waals surface area contributed by atoms with E-state index in [1.165, 1.54) is 18.2 Å². The average Bonchev–Trinajstić information content (AvgIpc) is 2.78. The van der Waals surface area contributed by atoms with Crippen LogP contribution in [0.1, 0.15) is 28.4 Å². The number of phenolic OH excluding ortho intramolecular Hbond substituents is 2. The van der Waals surface area contributed by atoms with Crippen LogP contribution in [0.4, 0.5) is 0 Å². The molecule has 1 amide bonds. The number of hydrogen-bond donors (Lipinski definition) is 3. The Kier molecular flexibility index (Phi) is 5.37. The summed E-state index contributed by atoms with van der Waals surface area (Å²) in [6, 6.07) is 21.3. The number of carbonyl (C=O) groups is 1. The second-order valence-corrected chi connectivity index (χ2v) is 7.28. The fraction of sp³-hybridized carbons (Fsp3) is 0.0800. The number of rotatable bonds is 4. The predicted molar refractivity (Wildman–Crippen MR) is 121 cm³/mol. The lowest BCUT2D eigenvalue weighted by Crippen LogP contribution is -2.20. The number of carbonyl (C=O) groups excluding carboxylic acids is 1. The zero-order valence-corrected chi connectivity index (χ0v) is 17.1. The lowest BCUT2D eigenvalue weighted by Gasteiger charge is -2.10. The molecule has 0 aliphatic heterocycles. The summed E-state index contributed by atoms with van der Waals surface area (Å²) in [5.74, 6) is -0.438. The Morgan fingerprint density at radius 1 is 0.935 bits per heavy atom. The van der Waals surface area contributed by atoms with Crippen LogP contribution in [0.3, 0.4) is 0 Å². The quantitative estimate of drug-likeness (QED) is 0.256. The lowest BCUT2D eigenvalue weighted by molar-refractivity contribution is 0.0956. The van der Waals surface area contributed by atoms with Gasteiger partial charge in [-0.3, -0.25) is 4.79 Å². The molecule has 0 radical (unpaired) electrons. The van der Waals surface area contributed by atoms with Gasteiger partial charge in [-0.15, -0.1) is 0 Å². The van der Waals surface area contributed by atoms with Crippen molar-refractivity contribution < 1.29 is 15.0 Å². The van der Waals surface area contributed by atoms with Crippen molar-refractivity contribution in [3.05, 3.63) is 89.5 Å². The van der Waals surface area contributed by atoms with Crippen LogP contribution in [0.15, 0.2) is 77.9 Å². The van der Waals surface area contributed by atoms with Gasteiger partial charge in [0, 0.05) is 16.5 Å². The van der Waals surface area contributed by atoms with Gasteiger partial charge in [-0.1, -0.05) is 48.0 Å². The number of phenols is 2. The second kappa shape index (κ2) is 8.28. The van der Waals surface area contributed by atoms with Crippen LogP contribution in [-0.2, 0) is 0 Å². The lowest BCUT2D eigenvalue weighted by atomic mass is 10.0. The fourth-order valence-corrected chi connectivity index (χ4v) is 3.30.